The van der Waals surface area contributed by atoms with E-state index in [4.69, 9.17) is 4.74 Å². The summed E-state index contributed by atoms with van der Waals surface area (Å²) in [6, 6.07) is 0.364. The minimum atomic E-state index is -0.286. The summed E-state index contributed by atoms with van der Waals surface area (Å²) in [5.74, 6) is 0.673. The van der Waals surface area contributed by atoms with Gasteiger partial charge in [-0.1, -0.05) is 13.3 Å². The maximum Gasteiger partial charge on any atom is 0.250 e. The summed E-state index contributed by atoms with van der Waals surface area (Å²) in [6.07, 6.45) is 3.30. The monoisotopic (exact) mass is 212 g/mol. The molecule has 0 aromatic heterocycles. The lowest BCUT2D eigenvalue weighted by Gasteiger charge is -2.25. The van der Waals surface area contributed by atoms with Gasteiger partial charge in [0.1, 0.15) is 6.10 Å². The molecule has 4 heteroatoms. The van der Waals surface area contributed by atoms with Crippen LogP contribution in [0.15, 0.2) is 0 Å². The number of ether oxygens (including phenoxy) is 1. The topological polar surface area (TPSA) is 50.4 Å². The number of nitrogens with one attached hydrogen (secondary N) is 2. The Labute approximate surface area is 90.8 Å². The quantitative estimate of drug-likeness (QED) is 0.691. The first-order chi connectivity index (χ1) is 7.27. The Hall–Kier alpha value is -0.610. The molecular weight excluding hydrogens is 192 g/mol. The van der Waals surface area contributed by atoms with Crippen LogP contribution in [0.25, 0.3) is 0 Å². The average Bonchev–Trinajstić information content (AvgIpc) is 2.66. The summed E-state index contributed by atoms with van der Waals surface area (Å²) in [4.78, 5) is 11.8. The number of amides is 1. The van der Waals surface area contributed by atoms with Gasteiger partial charge in [0.05, 0.1) is 6.61 Å². The van der Waals surface area contributed by atoms with Gasteiger partial charge in [0, 0.05) is 19.1 Å². The van der Waals surface area contributed by atoms with Gasteiger partial charge in [0.15, 0.2) is 0 Å². The van der Waals surface area contributed by atoms with Crippen molar-refractivity contribution in [3.8, 4) is 0 Å². The predicted octanol–water partition coefficient (Wildman–Crippen LogP) is 0.280. The highest BCUT2D eigenvalue weighted by Gasteiger charge is 2.28. The second-order valence-corrected chi connectivity index (χ2v) is 4.59. The molecule has 0 aromatic rings. The van der Waals surface area contributed by atoms with E-state index in [-0.39, 0.29) is 12.0 Å². The summed E-state index contributed by atoms with van der Waals surface area (Å²) in [5.41, 5.74) is 0. The van der Waals surface area contributed by atoms with Crippen LogP contribution < -0.4 is 10.6 Å². The summed E-state index contributed by atoms with van der Waals surface area (Å²) in [7, 11) is 0. The second kappa shape index (κ2) is 4.94. The molecule has 1 heterocycles. The Morgan fingerprint density at radius 3 is 2.93 bits per heavy atom. The minimum Gasteiger partial charge on any atom is -0.366 e. The van der Waals surface area contributed by atoms with Gasteiger partial charge >= 0.3 is 0 Å². The van der Waals surface area contributed by atoms with Crippen molar-refractivity contribution in [1.29, 1.82) is 0 Å². The van der Waals surface area contributed by atoms with E-state index in [9.17, 15) is 4.79 Å². The third-order valence-electron chi connectivity index (χ3n) is 3.41. The molecule has 86 valence electrons. The largest absolute Gasteiger partial charge is 0.366 e. The van der Waals surface area contributed by atoms with E-state index in [1.54, 1.807) is 0 Å². The third kappa shape index (κ3) is 2.69. The summed E-state index contributed by atoms with van der Waals surface area (Å²) >= 11 is 0. The van der Waals surface area contributed by atoms with Crippen LogP contribution in [-0.2, 0) is 9.53 Å². The predicted molar refractivity (Wildman–Crippen MR) is 57.6 cm³/mol. The number of carbonyl (C=O) groups is 1. The molecule has 1 saturated carbocycles. The van der Waals surface area contributed by atoms with Crippen LogP contribution >= 0.6 is 0 Å². The Morgan fingerprint density at radius 1 is 1.47 bits per heavy atom. The van der Waals surface area contributed by atoms with Gasteiger partial charge in [-0.25, -0.2) is 0 Å². The van der Waals surface area contributed by atoms with E-state index >= 15 is 0 Å². The van der Waals surface area contributed by atoms with Crippen molar-refractivity contribution >= 4 is 5.91 Å². The first-order valence-electron chi connectivity index (χ1n) is 5.90. The van der Waals surface area contributed by atoms with Crippen LogP contribution in [0.3, 0.4) is 0 Å². The minimum absolute atomic E-state index is 0.0564. The Morgan fingerprint density at radius 2 is 2.33 bits per heavy atom. The van der Waals surface area contributed by atoms with Gasteiger partial charge in [-0.2, -0.15) is 0 Å². The average molecular weight is 212 g/mol. The summed E-state index contributed by atoms with van der Waals surface area (Å²) in [6.45, 7) is 4.34. The Balaban J connectivity index is 1.80. The van der Waals surface area contributed by atoms with E-state index in [2.05, 4.69) is 17.6 Å². The molecule has 1 saturated heterocycles. The molecule has 1 aliphatic heterocycles. The van der Waals surface area contributed by atoms with E-state index in [0.29, 0.717) is 25.1 Å². The van der Waals surface area contributed by atoms with Crippen LogP contribution in [0.2, 0.25) is 0 Å². The first-order valence-corrected chi connectivity index (χ1v) is 5.90. The fourth-order valence-corrected chi connectivity index (χ4v) is 2.37. The number of rotatable bonds is 2. The molecule has 1 aliphatic carbocycles. The van der Waals surface area contributed by atoms with Crippen LogP contribution in [0.4, 0.5) is 0 Å². The second-order valence-electron chi connectivity index (χ2n) is 4.59. The van der Waals surface area contributed by atoms with Crippen molar-refractivity contribution in [2.24, 2.45) is 5.92 Å². The lowest BCUT2D eigenvalue weighted by Crippen LogP contribution is -2.50. The normalized spacial score (nSPS) is 36.5. The Bertz CT molecular complexity index is 227. The molecule has 0 aromatic carbocycles. The highest BCUT2D eigenvalue weighted by atomic mass is 16.5. The Kier molecular flexibility index (Phi) is 3.59. The molecule has 1 amide bonds. The number of hydrogen-bond donors (Lipinski definition) is 2. The van der Waals surface area contributed by atoms with Gasteiger partial charge < -0.3 is 15.4 Å². The lowest BCUT2D eigenvalue weighted by atomic mass is 10.1. The first kappa shape index (κ1) is 10.9. The highest BCUT2D eigenvalue weighted by molar-refractivity contribution is 5.81. The summed E-state index contributed by atoms with van der Waals surface area (Å²) in [5, 5.41) is 6.26. The lowest BCUT2D eigenvalue weighted by molar-refractivity contribution is -0.135. The van der Waals surface area contributed by atoms with E-state index < -0.39 is 0 Å². The van der Waals surface area contributed by atoms with Crippen molar-refractivity contribution in [3.63, 3.8) is 0 Å². The zero-order valence-electron chi connectivity index (χ0n) is 9.29. The van der Waals surface area contributed by atoms with E-state index in [1.165, 1.54) is 12.8 Å². The van der Waals surface area contributed by atoms with Gasteiger partial charge in [0.2, 0.25) is 0 Å². The maximum absolute atomic E-state index is 11.8. The van der Waals surface area contributed by atoms with Crippen LogP contribution in [0.1, 0.15) is 26.2 Å². The molecule has 0 spiro atoms. The standard InChI is InChI=1S/C11H20N2O2/c1-8-3-2-4-9(8)13-11(14)10-7-12-5-6-15-10/h8-10,12H,2-7H2,1H3,(H,13,14). The van der Waals surface area contributed by atoms with Crippen LogP contribution in [-0.4, -0.2) is 37.7 Å². The molecule has 2 aliphatic rings. The van der Waals surface area contributed by atoms with Gasteiger partial charge in [-0.3, -0.25) is 4.79 Å². The third-order valence-corrected chi connectivity index (χ3v) is 3.41. The zero-order valence-corrected chi connectivity index (χ0v) is 9.29. The van der Waals surface area contributed by atoms with Crippen molar-refractivity contribution < 1.29 is 9.53 Å². The SMILES string of the molecule is CC1CCCC1NC(=O)C1CNCCO1. The number of morpholine rings is 1. The van der Waals surface area contributed by atoms with Crippen molar-refractivity contribution in [3.05, 3.63) is 0 Å². The molecule has 4 nitrogen and oxygen atoms in total. The number of carbonyl (C=O) groups excluding carboxylic acids is 1. The highest BCUT2D eigenvalue weighted by Crippen LogP contribution is 2.24. The summed E-state index contributed by atoms with van der Waals surface area (Å²) < 4.78 is 5.41. The molecule has 0 bridgehead atoms. The van der Waals surface area contributed by atoms with Gasteiger partial charge in [-0.05, 0) is 18.8 Å². The molecule has 0 radical (unpaired) electrons. The molecule has 2 N–H and O–H groups in total. The fraction of sp³-hybridized carbons (Fsp3) is 0.909. The van der Waals surface area contributed by atoms with Crippen molar-refractivity contribution in [1.82, 2.24) is 10.6 Å². The van der Waals surface area contributed by atoms with Gasteiger partial charge in [-0.15, -0.1) is 0 Å². The molecule has 2 rings (SSSR count). The van der Waals surface area contributed by atoms with E-state index in [1.807, 2.05) is 0 Å². The van der Waals surface area contributed by atoms with Crippen molar-refractivity contribution in [2.45, 2.75) is 38.3 Å². The fourth-order valence-electron chi connectivity index (χ4n) is 2.37. The van der Waals surface area contributed by atoms with Crippen molar-refractivity contribution in [2.75, 3.05) is 19.7 Å². The molecule has 3 unspecified atom stereocenters. The number of hydrogen-bond acceptors (Lipinski definition) is 3. The van der Waals surface area contributed by atoms with E-state index in [0.717, 1.165) is 13.0 Å². The zero-order chi connectivity index (χ0) is 10.7. The maximum atomic E-state index is 11.8. The molecule has 15 heavy (non-hydrogen) atoms. The smallest absolute Gasteiger partial charge is 0.250 e. The van der Waals surface area contributed by atoms with Crippen LogP contribution in [0.5, 0.6) is 0 Å². The molecule has 3 atom stereocenters. The molecule has 2 fully saturated rings. The van der Waals surface area contributed by atoms with Crippen LogP contribution in [0, 0.1) is 5.92 Å². The van der Waals surface area contributed by atoms with Gasteiger partial charge in [0.25, 0.3) is 5.91 Å². The molecular formula is C11H20N2O2.